The molecule has 1 N–H and O–H groups in total. The summed E-state index contributed by atoms with van der Waals surface area (Å²) in [6.45, 7) is 6.46. The topological polar surface area (TPSA) is 76.1 Å². The molecule has 0 bridgehead atoms. The van der Waals surface area contributed by atoms with E-state index in [1.807, 2.05) is 12.1 Å². The Hall–Kier alpha value is -2.51. The number of hydrogen-bond acceptors (Lipinski definition) is 5. The maximum Gasteiger partial charge on any atom is 0.250 e. The van der Waals surface area contributed by atoms with E-state index in [0.29, 0.717) is 15.3 Å². The molecule has 0 fully saturated rings. The molecule has 28 heavy (non-hydrogen) atoms. The van der Waals surface area contributed by atoms with Gasteiger partial charge in [-0.25, -0.2) is 13.4 Å². The lowest BCUT2D eigenvalue weighted by Crippen LogP contribution is -2.10. The fourth-order valence-corrected chi connectivity index (χ4v) is 4.23. The zero-order chi connectivity index (χ0) is 20.5. The van der Waals surface area contributed by atoms with Gasteiger partial charge in [-0.05, 0) is 40.8 Å². The van der Waals surface area contributed by atoms with Crippen molar-refractivity contribution < 1.29 is 13.2 Å². The van der Waals surface area contributed by atoms with Crippen LogP contribution < -0.4 is 5.32 Å². The van der Waals surface area contributed by atoms with E-state index < -0.39 is 9.84 Å². The average Bonchev–Trinajstić information content (AvgIpc) is 3.00. The highest BCUT2D eigenvalue weighted by Crippen LogP contribution is 2.28. The van der Waals surface area contributed by atoms with Crippen LogP contribution in [0.3, 0.4) is 0 Å². The Balaban J connectivity index is 1.71. The van der Waals surface area contributed by atoms with Gasteiger partial charge in [0.05, 0.1) is 15.1 Å². The molecule has 0 atom stereocenters. The number of hydrogen-bond donors (Lipinski definition) is 1. The molecule has 0 spiro atoms. The van der Waals surface area contributed by atoms with Crippen LogP contribution in [0.2, 0.25) is 0 Å². The Morgan fingerprint density at radius 3 is 2.39 bits per heavy atom. The predicted molar refractivity (Wildman–Crippen MR) is 116 cm³/mol. The van der Waals surface area contributed by atoms with Crippen LogP contribution >= 0.6 is 11.3 Å². The monoisotopic (exact) mass is 414 g/mol. The Kier molecular flexibility index (Phi) is 5.41. The number of sulfone groups is 1. The SMILES string of the molecule is CC(C)(C)c1ccc(C=CC(=O)Nc2nc3ccc(S(C)(=O)=O)cc3s2)cc1. The van der Waals surface area contributed by atoms with Crippen molar-refractivity contribution in [2.45, 2.75) is 31.1 Å². The summed E-state index contributed by atoms with van der Waals surface area (Å²) in [5.74, 6) is -0.290. The highest BCUT2D eigenvalue weighted by Gasteiger charge is 2.13. The van der Waals surface area contributed by atoms with Crippen molar-refractivity contribution in [3.8, 4) is 0 Å². The molecule has 3 aromatic rings. The number of thiazole rings is 1. The Morgan fingerprint density at radius 1 is 1.11 bits per heavy atom. The molecule has 1 amide bonds. The Labute approximate surface area is 169 Å². The third kappa shape index (κ3) is 4.85. The van der Waals surface area contributed by atoms with E-state index in [0.717, 1.165) is 11.8 Å². The number of carbonyl (C=O) groups excluding carboxylic acids is 1. The predicted octanol–water partition coefficient (Wildman–Crippen LogP) is 4.65. The van der Waals surface area contributed by atoms with Crippen molar-refractivity contribution in [3.05, 3.63) is 59.7 Å². The van der Waals surface area contributed by atoms with Gasteiger partial charge < -0.3 is 0 Å². The molecule has 2 aromatic carbocycles. The molecule has 0 aliphatic carbocycles. The number of benzene rings is 2. The number of anilines is 1. The van der Waals surface area contributed by atoms with Crippen LogP contribution in [0.5, 0.6) is 0 Å². The Bertz CT molecular complexity index is 1150. The van der Waals surface area contributed by atoms with E-state index in [1.165, 1.54) is 29.0 Å². The standard InChI is InChI=1S/C21H22N2O3S2/c1-21(2,3)15-8-5-14(6-9-15)7-12-19(24)23-20-22-17-11-10-16(28(4,25)26)13-18(17)27-20/h5-13H,1-4H3,(H,22,23,24). The number of nitrogens with zero attached hydrogens (tertiary/aromatic N) is 1. The molecule has 0 aliphatic heterocycles. The lowest BCUT2D eigenvalue weighted by molar-refractivity contribution is -0.111. The van der Waals surface area contributed by atoms with E-state index in [2.05, 4.69) is 43.2 Å². The first-order valence-electron chi connectivity index (χ1n) is 8.73. The second kappa shape index (κ2) is 7.48. The summed E-state index contributed by atoms with van der Waals surface area (Å²) in [4.78, 5) is 16.8. The molecule has 1 aromatic heterocycles. The summed E-state index contributed by atoms with van der Waals surface area (Å²) < 4.78 is 24.0. The van der Waals surface area contributed by atoms with Crippen molar-refractivity contribution in [2.24, 2.45) is 0 Å². The van der Waals surface area contributed by atoms with Crippen molar-refractivity contribution in [1.82, 2.24) is 4.98 Å². The third-order valence-corrected chi connectivity index (χ3v) is 6.27. The zero-order valence-electron chi connectivity index (χ0n) is 16.2. The number of aromatic nitrogens is 1. The van der Waals surface area contributed by atoms with E-state index >= 15 is 0 Å². The van der Waals surface area contributed by atoms with Gasteiger partial charge in [-0.15, -0.1) is 0 Å². The normalized spacial score (nSPS) is 12.6. The molecule has 0 aliphatic rings. The molecule has 5 nitrogen and oxygen atoms in total. The minimum atomic E-state index is -3.28. The molecular weight excluding hydrogens is 392 g/mol. The minimum Gasteiger partial charge on any atom is -0.298 e. The number of nitrogens with one attached hydrogen (secondary N) is 1. The summed E-state index contributed by atoms with van der Waals surface area (Å²) in [6, 6.07) is 12.8. The fourth-order valence-electron chi connectivity index (χ4n) is 2.60. The Morgan fingerprint density at radius 2 is 1.79 bits per heavy atom. The number of rotatable bonds is 4. The van der Waals surface area contributed by atoms with Crippen molar-refractivity contribution >= 4 is 48.5 Å². The molecule has 0 saturated heterocycles. The van der Waals surface area contributed by atoms with E-state index in [-0.39, 0.29) is 16.2 Å². The largest absolute Gasteiger partial charge is 0.298 e. The lowest BCUT2D eigenvalue weighted by atomic mass is 9.87. The summed E-state index contributed by atoms with van der Waals surface area (Å²) >= 11 is 1.24. The highest BCUT2D eigenvalue weighted by molar-refractivity contribution is 7.90. The molecular formula is C21H22N2O3S2. The summed E-state index contributed by atoms with van der Waals surface area (Å²) in [5.41, 5.74) is 2.90. The molecule has 0 unspecified atom stereocenters. The molecule has 0 radical (unpaired) electrons. The first-order chi connectivity index (χ1) is 13.0. The quantitative estimate of drug-likeness (QED) is 0.631. The van der Waals surface area contributed by atoms with Gasteiger partial charge in [0, 0.05) is 12.3 Å². The van der Waals surface area contributed by atoms with Gasteiger partial charge >= 0.3 is 0 Å². The molecule has 3 rings (SSSR count). The summed E-state index contributed by atoms with van der Waals surface area (Å²) in [6.07, 6.45) is 4.37. The summed E-state index contributed by atoms with van der Waals surface area (Å²) in [5, 5.41) is 3.16. The van der Waals surface area contributed by atoms with E-state index in [4.69, 9.17) is 0 Å². The van der Waals surface area contributed by atoms with Gasteiger partial charge in [0.1, 0.15) is 0 Å². The second-order valence-corrected chi connectivity index (χ2v) is 10.7. The van der Waals surface area contributed by atoms with Gasteiger partial charge in [-0.1, -0.05) is 56.4 Å². The number of fused-ring (bicyclic) bond motifs is 1. The molecule has 1 heterocycles. The van der Waals surface area contributed by atoms with E-state index in [1.54, 1.807) is 18.2 Å². The number of carbonyl (C=O) groups is 1. The van der Waals surface area contributed by atoms with Gasteiger partial charge in [-0.2, -0.15) is 0 Å². The van der Waals surface area contributed by atoms with Crippen LogP contribution in [0.4, 0.5) is 5.13 Å². The van der Waals surface area contributed by atoms with Gasteiger partial charge in [-0.3, -0.25) is 10.1 Å². The average molecular weight is 415 g/mol. The highest BCUT2D eigenvalue weighted by atomic mass is 32.2. The maximum absolute atomic E-state index is 12.2. The third-order valence-electron chi connectivity index (χ3n) is 4.22. The van der Waals surface area contributed by atoms with Crippen LogP contribution in [0.1, 0.15) is 31.9 Å². The first-order valence-corrected chi connectivity index (χ1v) is 11.4. The van der Waals surface area contributed by atoms with Crippen LogP contribution in [0.25, 0.3) is 16.3 Å². The molecule has 7 heteroatoms. The van der Waals surface area contributed by atoms with Gasteiger partial charge in [0.2, 0.25) is 5.91 Å². The van der Waals surface area contributed by atoms with Gasteiger partial charge in [0.15, 0.2) is 15.0 Å². The van der Waals surface area contributed by atoms with Crippen molar-refractivity contribution in [2.75, 3.05) is 11.6 Å². The van der Waals surface area contributed by atoms with Crippen LogP contribution in [0, 0.1) is 0 Å². The van der Waals surface area contributed by atoms with Crippen LogP contribution in [-0.2, 0) is 20.0 Å². The molecule has 146 valence electrons. The maximum atomic E-state index is 12.2. The zero-order valence-corrected chi connectivity index (χ0v) is 17.8. The van der Waals surface area contributed by atoms with Crippen LogP contribution in [-0.4, -0.2) is 25.6 Å². The second-order valence-electron chi connectivity index (χ2n) is 7.62. The van der Waals surface area contributed by atoms with Crippen LogP contribution in [0.15, 0.2) is 53.4 Å². The van der Waals surface area contributed by atoms with Crippen molar-refractivity contribution in [1.29, 1.82) is 0 Å². The van der Waals surface area contributed by atoms with E-state index in [9.17, 15) is 13.2 Å². The molecule has 0 saturated carbocycles. The minimum absolute atomic E-state index is 0.0867. The number of amides is 1. The lowest BCUT2D eigenvalue weighted by Gasteiger charge is -2.18. The smallest absolute Gasteiger partial charge is 0.250 e. The van der Waals surface area contributed by atoms with Crippen molar-refractivity contribution in [3.63, 3.8) is 0 Å². The van der Waals surface area contributed by atoms with Gasteiger partial charge in [0.25, 0.3) is 0 Å². The first kappa shape index (κ1) is 20.2. The fraction of sp³-hybridized carbons (Fsp3) is 0.238. The summed E-state index contributed by atoms with van der Waals surface area (Å²) in [7, 11) is -3.28.